The van der Waals surface area contributed by atoms with Crippen molar-refractivity contribution >= 4 is 45.9 Å². The number of aryl methyl sites for hydroxylation is 1. The van der Waals surface area contributed by atoms with Crippen molar-refractivity contribution in [3.05, 3.63) is 63.4 Å². The molecule has 5 nitrogen and oxygen atoms in total. The second-order valence-corrected chi connectivity index (χ2v) is 8.77. The predicted molar refractivity (Wildman–Crippen MR) is 114 cm³/mol. The average Bonchev–Trinajstić information content (AvgIpc) is 3.50. The van der Waals surface area contributed by atoms with Gasteiger partial charge in [-0.2, -0.15) is 0 Å². The molecule has 1 atom stereocenters. The van der Waals surface area contributed by atoms with Crippen molar-refractivity contribution in [2.75, 3.05) is 5.32 Å². The number of benzene rings is 2. The highest BCUT2D eigenvalue weighted by atomic mass is 35.5. The van der Waals surface area contributed by atoms with Gasteiger partial charge in [-0.3, -0.25) is 14.2 Å². The van der Waals surface area contributed by atoms with E-state index in [0.29, 0.717) is 26.8 Å². The number of fused-ring (bicyclic) bond motifs is 1. The normalized spacial score (nSPS) is 14.8. The first kappa shape index (κ1) is 19.0. The minimum Gasteiger partial charge on any atom is -0.325 e. The minimum atomic E-state index is -0.420. The third-order valence-electron chi connectivity index (χ3n) is 4.80. The number of nitrogens with zero attached hydrogens (tertiary/aromatic N) is 2. The Labute approximate surface area is 172 Å². The zero-order valence-corrected chi connectivity index (χ0v) is 17.2. The van der Waals surface area contributed by atoms with Crippen LogP contribution in [0.3, 0.4) is 0 Å². The molecule has 0 bridgehead atoms. The number of rotatable bonds is 5. The van der Waals surface area contributed by atoms with E-state index in [-0.39, 0.29) is 17.5 Å². The zero-order chi connectivity index (χ0) is 19.8. The molecule has 1 aromatic heterocycles. The number of para-hydroxylation sites is 1. The highest BCUT2D eigenvalue weighted by Gasteiger charge is 2.30. The molecule has 0 spiro atoms. The highest BCUT2D eigenvalue weighted by Crippen LogP contribution is 2.37. The quantitative estimate of drug-likeness (QED) is 0.481. The lowest BCUT2D eigenvalue weighted by Crippen LogP contribution is -2.26. The van der Waals surface area contributed by atoms with Crippen LogP contribution >= 0.6 is 23.4 Å². The van der Waals surface area contributed by atoms with Crippen LogP contribution in [0.15, 0.2) is 52.4 Å². The third kappa shape index (κ3) is 3.80. The Hall–Kier alpha value is -2.31. The summed E-state index contributed by atoms with van der Waals surface area (Å²) in [7, 11) is 0. The zero-order valence-electron chi connectivity index (χ0n) is 15.6. The Balaban J connectivity index is 1.62. The molecule has 1 aliphatic rings. The van der Waals surface area contributed by atoms with Crippen LogP contribution in [0.4, 0.5) is 5.69 Å². The molecular formula is C21H20ClN3O2S. The average molecular weight is 414 g/mol. The summed E-state index contributed by atoms with van der Waals surface area (Å²) >= 11 is 7.35. The SMILES string of the molecule is Cc1ccc(Cl)cc1NC(=O)[C@@H](C)Sc1nc2ccccc2c(=O)n1C1CC1. The second-order valence-electron chi connectivity index (χ2n) is 7.03. The van der Waals surface area contributed by atoms with Crippen LogP contribution in [0.1, 0.15) is 31.4 Å². The highest BCUT2D eigenvalue weighted by molar-refractivity contribution is 8.00. The molecule has 4 rings (SSSR count). The minimum absolute atomic E-state index is 0.0334. The molecule has 1 fully saturated rings. The monoisotopic (exact) mass is 413 g/mol. The van der Waals surface area contributed by atoms with Gasteiger partial charge in [0.1, 0.15) is 0 Å². The summed E-state index contributed by atoms with van der Waals surface area (Å²) in [6, 6.07) is 12.9. The van der Waals surface area contributed by atoms with Gasteiger partial charge in [0.25, 0.3) is 5.56 Å². The summed E-state index contributed by atoms with van der Waals surface area (Å²) in [6.07, 6.45) is 1.94. The van der Waals surface area contributed by atoms with Gasteiger partial charge in [-0.25, -0.2) is 4.98 Å². The van der Waals surface area contributed by atoms with Crippen molar-refractivity contribution < 1.29 is 4.79 Å². The molecule has 3 aromatic rings. The molecule has 1 heterocycles. The Morgan fingerprint density at radius 2 is 2.04 bits per heavy atom. The molecule has 2 aromatic carbocycles. The van der Waals surface area contributed by atoms with Crippen molar-refractivity contribution in [3.8, 4) is 0 Å². The molecular weight excluding hydrogens is 394 g/mol. The van der Waals surface area contributed by atoms with E-state index in [0.717, 1.165) is 18.4 Å². The maximum absolute atomic E-state index is 12.9. The fraction of sp³-hybridized carbons (Fsp3) is 0.286. The summed E-state index contributed by atoms with van der Waals surface area (Å²) in [4.78, 5) is 30.4. The molecule has 1 saturated carbocycles. The van der Waals surface area contributed by atoms with E-state index in [1.54, 1.807) is 22.8 Å². The van der Waals surface area contributed by atoms with E-state index in [1.165, 1.54) is 11.8 Å². The number of amides is 1. The number of hydrogen-bond donors (Lipinski definition) is 1. The van der Waals surface area contributed by atoms with Crippen molar-refractivity contribution in [2.45, 2.75) is 43.1 Å². The first-order valence-electron chi connectivity index (χ1n) is 9.19. The molecule has 1 aliphatic carbocycles. The van der Waals surface area contributed by atoms with Gasteiger partial charge < -0.3 is 5.32 Å². The number of hydrogen-bond acceptors (Lipinski definition) is 4. The Morgan fingerprint density at radius 1 is 1.29 bits per heavy atom. The lowest BCUT2D eigenvalue weighted by atomic mass is 10.2. The molecule has 1 N–H and O–H groups in total. The van der Waals surface area contributed by atoms with E-state index in [1.807, 2.05) is 38.1 Å². The van der Waals surface area contributed by atoms with E-state index < -0.39 is 5.25 Å². The standard InChI is InChI=1S/C21H20ClN3O2S/c1-12-7-8-14(22)11-18(12)23-19(26)13(2)28-21-24-17-6-4-3-5-16(17)20(27)25(21)15-9-10-15/h3-8,11,13,15H,9-10H2,1-2H3,(H,23,26)/t13-/m1/s1. The van der Waals surface area contributed by atoms with Crippen LogP contribution in [0.5, 0.6) is 0 Å². The van der Waals surface area contributed by atoms with Gasteiger partial charge in [0.15, 0.2) is 5.16 Å². The lowest BCUT2D eigenvalue weighted by molar-refractivity contribution is -0.115. The van der Waals surface area contributed by atoms with Gasteiger partial charge in [-0.15, -0.1) is 0 Å². The lowest BCUT2D eigenvalue weighted by Gasteiger charge is -2.16. The summed E-state index contributed by atoms with van der Waals surface area (Å²) < 4.78 is 1.75. The number of halogens is 1. The van der Waals surface area contributed by atoms with Gasteiger partial charge in [0.2, 0.25) is 5.91 Å². The van der Waals surface area contributed by atoms with Gasteiger partial charge >= 0.3 is 0 Å². The fourth-order valence-electron chi connectivity index (χ4n) is 3.04. The van der Waals surface area contributed by atoms with Crippen LogP contribution in [0, 0.1) is 6.92 Å². The topological polar surface area (TPSA) is 64.0 Å². The van der Waals surface area contributed by atoms with Gasteiger partial charge in [-0.1, -0.05) is 41.6 Å². The Kier molecular flexibility index (Phi) is 5.17. The van der Waals surface area contributed by atoms with E-state index in [4.69, 9.17) is 11.6 Å². The molecule has 28 heavy (non-hydrogen) atoms. The number of carbonyl (C=O) groups is 1. The Morgan fingerprint density at radius 3 is 2.79 bits per heavy atom. The van der Waals surface area contributed by atoms with Gasteiger partial charge in [-0.05, 0) is 56.5 Å². The Bertz CT molecular complexity index is 1120. The largest absolute Gasteiger partial charge is 0.325 e. The van der Waals surface area contributed by atoms with E-state index in [2.05, 4.69) is 10.3 Å². The van der Waals surface area contributed by atoms with Crippen molar-refractivity contribution in [3.63, 3.8) is 0 Å². The van der Waals surface area contributed by atoms with Crippen LogP contribution in [0.25, 0.3) is 10.9 Å². The predicted octanol–water partition coefficient (Wildman–Crippen LogP) is 4.81. The molecule has 0 aliphatic heterocycles. The smallest absolute Gasteiger partial charge is 0.262 e. The molecule has 1 amide bonds. The van der Waals surface area contributed by atoms with Crippen LogP contribution in [-0.2, 0) is 4.79 Å². The molecule has 144 valence electrons. The van der Waals surface area contributed by atoms with Crippen LogP contribution < -0.4 is 10.9 Å². The van der Waals surface area contributed by atoms with Crippen LogP contribution in [0.2, 0.25) is 5.02 Å². The van der Waals surface area contributed by atoms with Crippen molar-refractivity contribution in [1.82, 2.24) is 9.55 Å². The molecule has 0 saturated heterocycles. The van der Waals surface area contributed by atoms with Crippen molar-refractivity contribution in [1.29, 1.82) is 0 Å². The maximum Gasteiger partial charge on any atom is 0.262 e. The fourth-order valence-corrected chi connectivity index (χ4v) is 4.19. The first-order valence-corrected chi connectivity index (χ1v) is 10.4. The van der Waals surface area contributed by atoms with Crippen molar-refractivity contribution in [2.24, 2.45) is 0 Å². The summed E-state index contributed by atoms with van der Waals surface area (Å²) in [6.45, 7) is 3.73. The van der Waals surface area contributed by atoms with Crippen LogP contribution in [-0.4, -0.2) is 20.7 Å². The van der Waals surface area contributed by atoms with E-state index >= 15 is 0 Å². The number of nitrogens with one attached hydrogen (secondary N) is 1. The number of anilines is 1. The third-order valence-corrected chi connectivity index (χ3v) is 6.10. The van der Waals surface area contributed by atoms with Gasteiger partial charge in [0.05, 0.1) is 16.2 Å². The number of thioether (sulfide) groups is 1. The number of aromatic nitrogens is 2. The molecule has 0 radical (unpaired) electrons. The van der Waals surface area contributed by atoms with E-state index in [9.17, 15) is 9.59 Å². The second kappa shape index (κ2) is 7.60. The summed E-state index contributed by atoms with van der Waals surface area (Å²) in [5.74, 6) is -0.153. The number of carbonyl (C=O) groups excluding carboxylic acids is 1. The maximum atomic E-state index is 12.9. The summed E-state index contributed by atoms with van der Waals surface area (Å²) in [5, 5.41) is 4.29. The molecule has 0 unspecified atom stereocenters. The summed E-state index contributed by atoms with van der Waals surface area (Å²) in [5.41, 5.74) is 2.25. The first-order chi connectivity index (χ1) is 13.4. The molecule has 7 heteroatoms. The van der Waals surface area contributed by atoms with Gasteiger partial charge in [0, 0.05) is 16.8 Å².